The first-order valence-electron chi connectivity index (χ1n) is 9.31. The number of hydrogen-bond acceptors (Lipinski definition) is 7. The van der Waals surface area contributed by atoms with Crippen molar-refractivity contribution in [2.75, 3.05) is 18.5 Å². The van der Waals surface area contributed by atoms with Crippen LogP contribution in [0.25, 0.3) is 20.7 Å². The van der Waals surface area contributed by atoms with Crippen molar-refractivity contribution < 1.29 is 14.3 Å². The fourth-order valence-corrected chi connectivity index (χ4v) is 5.18. The molecule has 0 radical (unpaired) electrons. The Morgan fingerprint density at radius 2 is 2.03 bits per heavy atom. The summed E-state index contributed by atoms with van der Waals surface area (Å²) in [5.41, 5.74) is 1.23. The van der Waals surface area contributed by atoms with E-state index in [4.69, 9.17) is 9.47 Å². The van der Waals surface area contributed by atoms with Gasteiger partial charge in [0.05, 0.1) is 11.7 Å². The monoisotopic (exact) mass is 439 g/mol. The van der Waals surface area contributed by atoms with E-state index in [1.165, 1.54) is 27.1 Å². The van der Waals surface area contributed by atoms with Gasteiger partial charge in [0.15, 0.2) is 11.5 Å². The highest BCUT2D eigenvalue weighted by Crippen LogP contribution is 2.35. The van der Waals surface area contributed by atoms with Crippen molar-refractivity contribution in [3.05, 3.63) is 57.3 Å². The first-order chi connectivity index (χ1) is 14.6. The van der Waals surface area contributed by atoms with E-state index in [1.54, 1.807) is 29.5 Å². The summed E-state index contributed by atoms with van der Waals surface area (Å²) in [7, 11) is 0. The van der Waals surface area contributed by atoms with Crippen molar-refractivity contribution in [3.8, 4) is 21.9 Å². The Kier molecular flexibility index (Phi) is 4.76. The van der Waals surface area contributed by atoms with Crippen LogP contribution in [0.2, 0.25) is 0 Å². The van der Waals surface area contributed by atoms with Gasteiger partial charge in [-0.3, -0.25) is 14.2 Å². The molecule has 1 aromatic carbocycles. The summed E-state index contributed by atoms with van der Waals surface area (Å²) in [4.78, 5) is 32.9. The van der Waals surface area contributed by atoms with E-state index in [9.17, 15) is 9.59 Å². The van der Waals surface area contributed by atoms with Crippen molar-refractivity contribution in [2.45, 2.75) is 13.5 Å². The lowest BCUT2D eigenvalue weighted by Crippen LogP contribution is -2.27. The maximum Gasteiger partial charge on any atom is 0.263 e. The Bertz CT molecular complexity index is 1320. The lowest BCUT2D eigenvalue weighted by Gasteiger charge is -2.19. The number of fused-ring (bicyclic) bond motifs is 2. The summed E-state index contributed by atoms with van der Waals surface area (Å²) < 4.78 is 12.4. The number of hydrogen-bond donors (Lipinski definition) is 1. The van der Waals surface area contributed by atoms with Gasteiger partial charge in [-0.05, 0) is 31.2 Å². The predicted octanol–water partition coefficient (Wildman–Crippen LogP) is 3.90. The van der Waals surface area contributed by atoms with Crippen LogP contribution in [0.3, 0.4) is 0 Å². The number of benzene rings is 1. The summed E-state index contributed by atoms with van der Waals surface area (Å²) in [5, 5.41) is 5.30. The summed E-state index contributed by atoms with van der Waals surface area (Å²) in [5.74, 6) is 0.922. The molecule has 0 aliphatic carbocycles. The van der Waals surface area contributed by atoms with Crippen LogP contribution in [-0.4, -0.2) is 28.7 Å². The first kappa shape index (κ1) is 18.8. The predicted molar refractivity (Wildman–Crippen MR) is 118 cm³/mol. The molecule has 5 rings (SSSR count). The van der Waals surface area contributed by atoms with Crippen LogP contribution in [0.1, 0.15) is 4.88 Å². The van der Waals surface area contributed by atoms with Crippen LogP contribution in [0, 0.1) is 6.92 Å². The Balaban J connectivity index is 1.40. The van der Waals surface area contributed by atoms with E-state index in [-0.39, 0.29) is 18.0 Å². The number of nitrogens with one attached hydrogen (secondary N) is 1. The molecule has 9 heteroatoms. The van der Waals surface area contributed by atoms with Crippen LogP contribution in [0.5, 0.6) is 11.5 Å². The molecule has 0 spiro atoms. The van der Waals surface area contributed by atoms with E-state index in [1.807, 2.05) is 24.4 Å². The molecule has 0 atom stereocenters. The molecule has 0 fully saturated rings. The van der Waals surface area contributed by atoms with Gasteiger partial charge in [-0.1, -0.05) is 0 Å². The van der Waals surface area contributed by atoms with Crippen molar-refractivity contribution in [1.82, 2.24) is 9.55 Å². The van der Waals surface area contributed by atoms with Crippen LogP contribution >= 0.6 is 22.7 Å². The van der Waals surface area contributed by atoms with Gasteiger partial charge in [0.25, 0.3) is 5.56 Å². The summed E-state index contributed by atoms with van der Waals surface area (Å²) in [6.07, 6.45) is 1.42. The van der Waals surface area contributed by atoms with E-state index in [0.717, 1.165) is 10.4 Å². The molecule has 1 amide bonds. The lowest BCUT2D eigenvalue weighted by atomic mass is 10.2. The van der Waals surface area contributed by atoms with Crippen LogP contribution in [0.4, 0.5) is 5.69 Å². The van der Waals surface area contributed by atoms with Gasteiger partial charge in [0.1, 0.15) is 24.6 Å². The number of nitrogens with zero attached hydrogens (tertiary/aromatic N) is 2. The van der Waals surface area contributed by atoms with Gasteiger partial charge in [-0.25, -0.2) is 4.98 Å². The van der Waals surface area contributed by atoms with Crippen molar-refractivity contribution in [1.29, 1.82) is 0 Å². The van der Waals surface area contributed by atoms with Gasteiger partial charge < -0.3 is 14.8 Å². The second-order valence-corrected chi connectivity index (χ2v) is 8.97. The molecule has 0 unspecified atom stereocenters. The Morgan fingerprint density at radius 3 is 2.83 bits per heavy atom. The molecule has 1 aliphatic heterocycles. The molecular formula is C21H17N3O4S2. The molecule has 30 heavy (non-hydrogen) atoms. The van der Waals surface area contributed by atoms with Crippen LogP contribution in [0.15, 0.2) is 46.8 Å². The van der Waals surface area contributed by atoms with Gasteiger partial charge in [0.2, 0.25) is 5.91 Å². The molecule has 0 bridgehead atoms. The third-order valence-corrected chi connectivity index (χ3v) is 6.63. The highest BCUT2D eigenvalue weighted by molar-refractivity contribution is 7.19. The highest BCUT2D eigenvalue weighted by atomic mass is 32.1. The molecule has 152 valence electrons. The Morgan fingerprint density at radius 1 is 1.20 bits per heavy atom. The number of amides is 1. The molecular weight excluding hydrogens is 422 g/mol. The molecule has 0 saturated carbocycles. The Labute approximate surface area is 179 Å². The van der Waals surface area contributed by atoms with Crippen molar-refractivity contribution in [2.24, 2.45) is 0 Å². The minimum atomic E-state index is -0.321. The standard InChI is InChI=1S/C21H17N3O4S2/c1-12-2-5-17(30-12)14-10-29-20-19(14)21(26)24(11-22-20)9-18(25)23-13-3-4-15-16(8-13)28-7-6-27-15/h2-5,8,10-11H,6-7,9H2,1H3,(H,23,25). The van der Waals surface area contributed by atoms with E-state index in [2.05, 4.69) is 10.3 Å². The van der Waals surface area contributed by atoms with E-state index < -0.39 is 0 Å². The van der Waals surface area contributed by atoms with E-state index >= 15 is 0 Å². The molecule has 4 heterocycles. The maximum atomic E-state index is 13.1. The number of carbonyl (C=O) groups is 1. The molecule has 0 saturated heterocycles. The highest BCUT2D eigenvalue weighted by Gasteiger charge is 2.17. The van der Waals surface area contributed by atoms with Gasteiger partial charge in [-0.2, -0.15) is 0 Å². The smallest absolute Gasteiger partial charge is 0.263 e. The second kappa shape index (κ2) is 7.58. The Hall–Kier alpha value is -3.17. The largest absolute Gasteiger partial charge is 0.486 e. The first-order valence-corrected chi connectivity index (χ1v) is 11.0. The number of rotatable bonds is 4. The second-order valence-electron chi connectivity index (χ2n) is 6.82. The summed E-state index contributed by atoms with van der Waals surface area (Å²) >= 11 is 3.06. The molecule has 3 aromatic heterocycles. The quantitative estimate of drug-likeness (QED) is 0.521. The van der Waals surface area contributed by atoms with Gasteiger partial charge >= 0.3 is 0 Å². The molecule has 4 aromatic rings. The summed E-state index contributed by atoms with van der Waals surface area (Å²) in [6, 6.07) is 9.25. The number of aromatic nitrogens is 2. The van der Waals surface area contributed by atoms with Crippen molar-refractivity contribution >= 4 is 44.5 Å². The minimum Gasteiger partial charge on any atom is -0.486 e. The molecule has 7 nitrogen and oxygen atoms in total. The third kappa shape index (κ3) is 3.46. The number of anilines is 1. The number of aryl methyl sites for hydroxylation is 1. The zero-order valence-corrected chi connectivity index (χ0v) is 17.6. The lowest BCUT2D eigenvalue weighted by molar-refractivity contribution is -0.116. The van der Waals surface area contributed by atoms with Gasteiger partial charge in [0, 0.05) is 32.5 Å². The fourth-order valence-electron chi connectivity index (χ4n) is 3.32. The summed E-state index contributed by atoms with van der Waals surface area (Å²) in [6.45, 7) is 2.88. The molecule has 1 aliphatic rings. The minimum absolute atomic E-state index is 0.130. The van der Waals surface area contributed by atoms with E-state index in [0.29, 0.717) is 40.6 Å². The maximum absolute atomic E-state index is 13.1. The zero-order valence-electron chi connectivity index (χ0n) is 16.0. The number of thiophene rings is 2. The van der Waals surface area contributed by atoms with Gasteiger partial charge in [-0.15, -0.1) is 22.7 Å². The van der Waals surface area contributed by atoms with Crippen LogP contribution in [-0.2, 0) is 11.3 Å². The normalized spacial score (nSPS) is 12.8. The third-order valence-electron chi connectivity index (χ3n) is 4.71. The van der Waals surface area contributed by atoms with Crippen molar-refractivity contribution in [3.63, 3.8) is 0 Å². The fraction of sp³-hybridized carbons (Fsp3) is 0.190. The number of carbonyl (C=O) groups excluding carboxylic acids is 1. The average Bonchev–Trinajstić information content (AvgIpc) is 3.36. The SMILES string of the molecule is Cc1ccc(-c2csc3ncn(CC(=O)Nc4ccc5c(c4)OCCO5)c(=O)c23)s1. The topological polar surface area (TPSA) is 82.5 Å². The number of ether oxygens (including phenoxy) is 2. The molecule has 1 N–H and O–H groups in total. The zero-order chi connectivity index (χ0) is 20.7. The van der Waals surface area contributed by atoms with Crippen LogP contribution < -0.4 is 20.3 Å². The average molecular weight is 440 g/mol.